The monoisotopic (exact) mass is 288 g/mol. The molecule has 3 rings (SSSR count). The molecule has 2 aliphatic rings. The summed E-state index contributed by atoms with van der Waals surface area (Å²) in [4.78, 5) is 2.51. The van der Waals surface area contributed by atoms with Crippen LogP contribution in [-0.2, 0) is 4.74 Å². The molecule has 3 heteroatoms. The van der Waals surface area contributed by atoms with E-state index < -0.39 is 0 Å². The van der Waals surface area contributed by atoms with E-state index in [4.69, 9.17) is 4.74 Å². The summed E-state index contributed by atoms with van der Waals surface area (Å²) in [5.74, 6) is 0. The minimum atomic E-state index is 0.0423. The molecule has 1 unspecified atom stereocenters. The predicted octanol–water partition coefficient (Wildman–Crippen LogP) is 3.20. The number of hydrogen-bond acceptors (Lipinski definition) is 3. The second kappa shape index (κ2) is 6.37. The smallest absolute Gasteiger partial charge is 0.0641 e. The van der Waals surface area contributed by atoms with Crippen molar-refractivity contribution in [3.8, 4) is 0 Å². The van der Waals surface area contributed by atoms with Crippen LogP contribution in [0.5, 0.6) is 0 Å². The highest BCUT2D eigenvalue weighted by atomic mass is 16.5. The Hall–Kier alpha value is -1.06. The topological polar surface area (TPSA) is 24.5 Å². The SMILES string of the molecule is CC1(C)CC(NC2CCN(c3ccccc3)CC2)CCO1. The lowest BCUT2D eigenvalue weighted by molar-refractivity contribution is -0.0644. The summed E-state index contributed by atoms with van der Waals surface area (Å²) >= 11 is 0. The zero-order valence-electron chi connectivity index (χ0n) is 13.3. The van der Waals surface area contributed by atoms with Gasteiger partial charge in [0.25, 0.3) is 0 Å². The molecule has 1 N–H and O–H groups in total. The van der Waals surface area contributed by atoms with Crippen LogP contribution in [0.15, 0.2) is 30.3 Å². The molecule has 0 aromatic heterocycles. The van der Waals surface area contributed by atoms with Crippen LogP contribution < -0.4 is 10.2 Å². The Morgan fingerprint density at radius 2 is 1.76 bits per heavy atom. The first kappa shape index (κ1) is 14.9. The molecule has 0 saturated carbocycles. The van der Waals surface area contributed by atoms with Gasteiger partial charge in [0.15, 0.2) is 0 Å². The van der Waals surface area contributed by atoms with Gasteiger partial charge in [0.05, 0.1) is 5.60 Å². The van der Waals surface area contributed by atoms with Crippen molar-refractivity contribution in [2.24, 2.45) is 0 Å². The average molecular weight is 288 g/mol. The minimum absolute atomic E-state index is 0.0423. The van der Waals surface area contributed by atoms with E-state index >= 15 is 0 Å². The number of benzene rings is 1. The number of nitrogens with zero attached hydrogens (tertiary/aromatic N) is 1. The maximum Gasteiger partial charge on any atom is 0.0641 e. The minimum Gasteiger partial charge on any atom is -0.375 e. The average Bonchev–Trinajstić information content (AvgIpc) is 2.48. The Balaban J connectivity index is 1.48. The van der Waals surface area contributed by atoms with Crippen molar-refractivity contribution in [1.29, 1.82) is 0 Å². The first-order chi connectivity index (χ1) is 10.1. The van der Waals surface area contributed by atoms with Crippen molar-refractivity contribution in [3.05, 3.63) is 30.3 Å². The molecule has 2 fully saturated rings. The van der Waals surface area contributed by atoms with Crippen LogP contribution in [-0.4, -0.2) is 37.4 Å². The van der Waals surface area contributed by atoms with Gasteiger partial charge in [0.2, 0.25) is 0 Å². The summed E-state index contributed by atoms with van der Waals surface area (Å²) in [5, 5.41) is 3.88. The van der Waals surface area contributed by atoms with Crippen LogP contribution in [0, 0.1) is 0 Å². The Kier molecular flexibility index (Phi) is 4.51. The zero-order valence-corrected chi connectivity index (χ0v) is 13.3. The van der Waals surface area contributed by atoms with E-state index in [1.165, 1.54) is 18.5 Å². The van der Waals surface area contributed by atoms with E-state index in [0.29, 0.717) is 12.1 Å². The predicted molar refractivity (Wildman–Crippen MR) is 87.9 cm³/mol. The fraction of sp³-hybridized carbons (Fsp3) is 0.667. The molecule has 1 aromatic carbocycles. The normalized spacial score (nSPS) is 26.8. The molecule has 2 heterocycles. The van der Waals surface area contributed by atoms with Crippen molar-refractivity contribution >= 4 is 5.69 Å². The summed E-state index contributed by atoms with van der Waals surface area (Å²) in [7, 11) is 0. The molecule has 116 valence electrons. The fourth-order valence-electron chi connectivity index (χ4n) is 3.65. The van der Waals surface area contributed by atoms with Crippen molar-refractivity contribution in [2.75, 3.05) is 24.6 Å². The fourth-order valence-corrected chi connectivity index (χ4v) is 3.65. The molecular formula is C18H28N2O. The summed E-state index contributed by atoms with van der Waals surface area (Å²) in [6.45, 7) is 7.63. The van der Waals surface area contributed by atoms with E-state index in [9.17, 15) is 0 Å². The molecule has 3 nitrogen and oxygen atoms in total. The highest BCUT2D eigenvalue weighted by Crippen LogP contribution is 2.26. The van der Waals surface area contributed by atoms with Crippen LogP contribution in [0.25, 0.3) is 0 Å². The highest BCUT2D eigenvalue weighted by Gasteiger charge is 2.30. The van der Waals surface area contributed by atoms with E-state index in [0.717, 1.165) is 32.5 Å². The molecule has 1 atom stereocenters. The molecule has 0 radical (unpaired) electrons. The first-order valence-electron chi connectivity index (χ1n) is 8.32. The van der Waals surface area contributed by atoms with Crippen LogP contribution in [0.1, 0.15) is 39.5 Å². The lowest BCUT2D eigenvalue weighted by Gasteiger charge is -2.40. The van der Waals surface area contributed by atoms with Gasteiger partial charge in [0, 0.05) is 37.5 Å². The molecule has 0 aliphatic carbocycles. The molecular weight excluding hydrogens is 260 g/mol. The Morgan fingerprint density at radius 1 is 1.05 bits per heavy atom. The van der Waals surface area contributed by atoms with Gasteiger partial charge in [-0.25, -0.2) is 0 Å². The molecule has 2 saturated heterocycles. The Morgan fingerprint density at radius 3 is 2.43 bits per heavy atom. The maximum atomic E-state index is 5.81. The lowest BCUT2D eigenvalue weighted by atomic mass is 9.92. The van der Waals surface area contributed by atoms with E-state index in [2.05, 4.69) is 54.4 Å². The molecule has 1 aromatic rings. The molecule has 21 heavy (non-hydrogen) atoms. The number of ether oxygens (including phenoxy) is 1. The van der Waals surface area contributed by atoms with Gasteiger partial charge in [-0.15, -0.1) is 0 Å². The Labute approximate surface area is 128 Å². The number of anilines is 1. The summed E-state index contributed by atoms with van der Waals surface area (Å²) in [5.41, 5.74) is 1.41. The number of hydrogen-bond donors (Lipinski definition) is 1. The van der Waals surface area contributed by atoms with Gasteiger partial charge in [-0.05, 0) is 51.7 Å². The van der Waals surface area contributed by atoms with Gasteiger partial charge in [-0.1, -0.05) is 18.2 Å². The molecule has 0 bridgehead atoms. The molecule has 2 aliphatic heterocycles. The second-order valence-electron chi connectivity index (χ2n) is 7.06. The third-order valence-corrected chi connectivity index (χ3v) is 4.78. The standard InChI is InChI=1S/C18H28N2O/c1-18(2)14-16(10-13-21-18)19-15-8-11-20(12-9-15)17-6-4-3-5-7-17/h3-7,15-16,19H,8-14H2,1-2H3. The molecule has 0 spiro atoms. The van der Waals surface area contributed by atoms with Gasteiger partial charge < -0.3 is 15.0 Å². The maximum absolute atomic E-state index is 5.81. The first-order valence-corrected chi connectivity index (χ1v) is 8.32. The second-order valence-corrected chi connectivity index (χ2v) is 7.06. The van der Waals surface area contributed by atoms with Gasteiger partial charge in [-0.3, -0.25) is 0 Å². The zero-order chi connectivity index (χ0) is 14.7. The number of nitrogens with one attached hydrogen (secondary N) is 1. The van der Waals surface area contributed by atoms with Crippen molar-refractivity contribution in [2.45, 2.75) is 57.2 Å². The number of para-hydroxylation sites is 1. The summed E-state index contributed by atoms with van der Waals surface area (Å²) in [6.07, 6.45) is 4.77. The van der Waals surface area contributed by atoms with E-state index in [1.54, 1.807) is 0 Å². The molecule has 0 amide bonds. The van der Waals surface area contributed by atoms with E-state index in [1.807, 2.05) is 0 Å². The quantitative estimate of drug-likeness (QED) is 0.924. The van der Waals surface area contributed by atoms with Crippen molar-refractivity contribution in [1.82, 2.24) is 5.32 Å². The summed E-state index contributed by atoms with van der Waals surface area (Å²) < 4.78 is 5.81. The highest BCUT2D eigenvalue weighted by molar-refractivity contribution is 5.46. The van der Waals surface area contributed by atoms with Crippen LogP contribution >= 0.6 is 0 Å². The van der Waals surface area contributed by atoms with Crippen LogP contribution in [0.2, 0.25) is 0 Å². The van der Waals surface area contributed by atoms with Crippen molar-refractivity contribution < 1.29 is 4.74 Å². The van der Waals surface area contributed by atoms with Gasteiger partial charge in [0.1, 0.15) is 0 Å². The number of piperidine rings is 1. The van der Waals surface area contributed by atoms with Crippen molar-refractivity contribution in [3.63, 3.8) is 0 Å². The third-order valence-electron chi connectivity index (χ3n) is 4.78. The largest absolute Gasteiger partial charge is 0.375 e. The van der Waals surface area contributed by atoms with Gasteiger partial charge >= 0.3 is 0 Å². The van der Waals surface area contributed by atoms with Crippen LogP contribution in [0.4, 0.5) is 5.69 Å². The van der Waals surface area contributed by atoms with Gasteiger partial charge in [-0.2, -0.15) is 0 Å². The third kappa shape index (κ3) is 3.98. The lowest BCUT2D eigenvalue weighted by Crippen LogP contribution is -2.50. The summed E-state index contributed by atoms with van der Waals surface area (Å²) in [6, 6.07) is 12.1. The number of rotatable bonds is 3. The van der Waals surface area contributed by atoms with Crippen LogP contribution in [0.3, 0.4) is 0 Å². The van der Waals surface area contributed by atoms with E-state index in [-0.39, 0.29) is 5.60 Å². The Bertz CT molecular complexity index is 438.